The van der Waals surface area contributed by atoms with E-state index in [2.05, 4.69) is 0 Å². The molecule has 94 valence electrons. The summed E-state index contributed by atoms with van der Waals surface area (Å²) in [6.45, 7) is 1.44. The summed E-state index contributed by atoms with van der Waals surface area (Å²) in [6.07, 6.45) is 3.11. The smallest absolute Gasteiger partial charge is 0.228 e. The molecule has 0 saturated carbocycles. The van der Waals surface area contributed by atoms with Crippen LogP contribution in [0, 0.1) is 0 Å². The average Bonchev–Trinajstić information content (AvgIpc) is 2.98. The summed E-state index contributed by atoms with van der Waals surface area (Å²) in [6, 6.07) is 10.5. The van der Waals surface area contributed by atoms with Crippen LogP contribution < -0.4 is 4.90 Å². The van der Waals surface area contributed by atoms with Crippen LogP contribution in [0.25, 0.3) is 6.08 Å². The Hall–Kier alpha value is -2.62. The highest BCUT2D eigenvalue weighted by molar-refractivity contribution is 6.26. The molecule has 0 atom stereocenters. The maximum Gasteiger partial charge on any atom is 0.228 e. The number of ketones is 1. The number of para-hydroxylation sites is 1. The Morgan fingerprint density at radius 1 is 1.21 bits per heavy atom. The Balaban J connectivity index is 2.16. The number of Topliss-reactive ketones (excluding diaryl/α,β-unsaturated/α-hetero) is 1. The molecule has 0 saturated heterocycles. The first-order chi connectivity index (χ1) is 9.18. The van der Waals surface area contributed by atoms with E-state index in [1.807, 2.05) is 0 Å². The summed E-state index contributed by atoms with van der Waals surface area (Å²) in [4.78, 5) is 25.5. The number of hydrogen-bond acceptors (Lipinski definition) is 3. The number of anilines is 1. The van der Waals surface area contributed by atoms with E-state index in [-0.39, 0.29) is 11.7 Å². The molecule has 0 N–H and O–H groups in total. The summed E-state index contributed by atoms with van der Waals surface area (Å²) in [5.74, 6) is 0.181. The first-order valence-electron chi connectivity index (χ1n) is 5.88. The van der Waals surface area contributed by atoms with Crippen molar-refractivity contribution in [1.29, 1.82) is 0 Å². The molecular weight excluding hydrogens is 242 g/mol. The minimum absolute atomic E-state index is 0.165. The molecule has 0 spiro atoms. The van der Waals surface area contributed by atoms with Crippen molar-refractivity contribution in [2.45, 2.75) is 6.92 Å². The number of nitrogens with zero attached hydrogens (tertiary/aromatic N) is 1. The topological polar surface area (TPSA) is 50.5 Å². The number of carbonyl (C=O) groups is 2. The Morgan fingerprint density at radius 3 is 2.68 bits per heavy atom. The summed E-state index contributed by atoms with van der Waals surface area (Å²) in [5.41, 5.74) is 1.48. The zero-order valence-electron chi connectivity index (χ0n) is 10.3. The number of benzene rings is 1. The molecule has 0 unspecified atom stereocenters. The van der Waals surface area contributed by atoms with Gasteiger partial charge in [-0.15, -0.1) is 0 Å². The lowest BCUT2D eigenvalue weighted by atomic mass is 10.1. The van der Waals surface area contributed by atoms with Crippen molar-refractivity contribution in [1.82, 2.24) is 0 Å². The lowest BCUT2D eigenvalue weighted by Gasteiger charge is -2.15. The van der Waals surface area contributed by atoms with Crippen molar-refractivity contribution in [3.05, 3.63) is 59.7 Å². The minimum Gasteiger partial charge on any atom is -0.465 e. The molecule has 0 bridgehead atoms. The maximum absolute atomic E-state index is 12.3. The number of fused-ring (bicyclic) bond motifs is 1. The summed E-state index contributed by atoms with van der Waals surface area (Å²) < 4.78 is 5.20. The van der Waals surface area contributed by atoms with Crippen molar-refractivity contribution in [3.63, 3.8) is 0 Å². The van der Waals surface area contributed by atoms with Crippen LogP contribution in [0.5, 0.6) is 0 Å². The second-order valence-electron chi connectivity index (χ2n) is 4.25. The Bertz CT molecular complexity index is 683. The molecule has 3 rings (SSSR count). The van der Waals surface area contributed by atoms with Crippen LogP contribution in [0.4, 0.5) is 5.69 Å². The third-order valence-corrected chi connectivity index (χ3v) is 3.00. The van der Waals surface area contributed by atoms with Crippen molar-refractivity contribution in [3.8, 4) is 0 Å². The van der Waals surface area contributed by atoms with Gasteiger partial charge in [0.05, 0.1) is 12.0 Å². The van der Waals surface area contributed by atoms with Crippen molar-refractivity contribution < 1.29 is 14.0 Å². The van der Waals surface area contributed by atoms with Gasteiger partial charge >= 0.3 is 0 Å². The van der Waals surface area contributed by atoms with Gasteiger partial charge in [0, 0.05) is 18.6 Å². The van der Waals surface area contributed by atoms with Gasteiger partial charge < -0.3 is 4.42 Å². The first kappa shape index (κ1) is 11.5. The van der Waals surface area contributed by atoms with Gasteiger partial charge in [-0.05, 0) is 24.3 Å². The normalized spacial score (nSPS) is 15.9. The molecule has 4 nitrogen and oxygen atoms in total. The van der Waals surface area contributed by atoms with Crippen molar-refractivity contribution in [2.24, 2.45) is 0 Å². The Labute approximate surface area is 109 Å². The minimum atomic E-state index is -0.198. The van der Waals surface area contributed by atoms with Gasteiger partial charge in [-0.1, -0.05) is 12.1 Å². The van der Waals surface area contributed by atoms with Gasteiger partial charge in [-0.2, -0.15) is 0 Å². The zero-order chi connectivity index (χ0) is 13.4. The Morgan fingerprint density at radius 2 is 2.00 bits per heavy atom. The molecule has 2 aromatic rings. The number of hydrogen-bond donors (Lipinski definition) is 0. The molecule has 0 radical (unpaired) electrons. The van der Waals surface area contributed by atoms with Crippen molar-refractivity contribution in [2.75, 3.05) is 4.90 Å². The number of amides is 1. The number of furan rings is 1. The van der Waals surface area contributed by atoms with Gasteiger partial charge in [-0.3, -0.25) is 14.5 Å². The van der Waals surface area contributed by atoms with E-state index in [4.69, 9.17) is 4.42 Å². The van der Waals surface area contributed by atoms with Crippen LogP contribution in [-0.4, -0.2) is 11.7 Å². The van der Waals surface area contributed by atoms with Gasteiger partial charge in [0.15, 0.2) is 0 Å². The average molecular weight is 253 g/mol. The highest BCUT2D eigenvalue weighted by atomic mass is 16.3. The third-order valence-electron chi connectivity index (χ3n) is 3.00. The van der Waals surface area contributed by atoms with E-state index >= 15 is 0 Å². The van der Waals surface area contributed by atoms with Gasteiger partial charge in [0.25, 0.3) is 0 Å². The van der Waals surface area contributed by atoms with E-state index in [0.29, 0.717) is 22.7 Å². The van der Waals surface area contributed by atoms with Gasteiger partial charge in [-0.25, -0.2) is 0 Å². The predicted octanol–water partition coefficient (Wildman–Crippen LogP) is 2.87. The van der Waals surface area contributed by atoms with Crippen LogP contribution in [0.2, 0.25) is 0 Å². The van der Waals surface area contributed by atoms with Gasteiger partial charge in [0.2, 0.25) is 11.7 Å². The molecule has 1 amide bonds. The fourth-order valence-electron chi connectivity index (χ4n) is 2.21. The maximum atomic E-state index is 12.3. The van der Waals surface area contributed by atoms with Gasteiger partial charge in [0.1, 0.15) is 11.5 Å². The second-order valence-corrected chi connectivity index (χ2v) is 4.25. The highest BCUT2D eigenvalue weighted by Gasteiger charge is 2.34. The molecule has 1 aromatic carbocycles. The lowest BCUT2D eigenvalue weighted by Crippen LogP contribution is -2.25. The quantitative estimate of drug-likeness (QED) is 0.734. The van der Waals surface area contributed by atoms with E-state index in [1.165, 1.54) is 18.1 Å². The standard InChI is InChI=1S/C15H11NO3/c1-10(17)16-13-7-3-2-6-12(13)15(18)14(16)9-11-5-4-8-19-11/h2-9H,1H3/b14-9+. The Kier molecular flexibility index (Phi) is 2.56. The van der Waals surface area contributed by atoms with E-state index in [1.54, 1.807) is 42.5 Å². The number of carbonyl (C=O) groups excluding carboxylic acids is 2. The summed E-state index contributed by atoms with van der Waals surface area (Å²) in [7, 11) is 0. The molecule has 1 aliphatic heterocycles. The largest absolute Gasteiger partial charge is 0.465 e. The fraction of sp³-hybridized carbons (Fsp3) is 0.0667. The summed E-state index contributed by atoms with van der Waals surface area (Å²) in [5, 5.41) is 0. The number of allylic oxidation sites excluding steroid dienone is 1. The van der Waals surface area contributed by atoms with Crippen LogP contribution in [-0.2, 0) is 4.79 Å². The molecule has 4 heteroatoms. The lowest BCUT2D eigenvalue weighted by molar-refractivity contribution is -0.116. The molecular formula is C15H11NO3. The number of rotatable bonds is 1. The molecule has 1 aliphatic rings. The van der Waals surface area contributed by atoms with E-state index < -0.39 is 0 Å². The van der Waals surface area contributed by atoms with E-state index in [9.17, 15) is 9.59 Å². The van der Waals surface area contributed by atoms with Crippen molar-refractivity contribution >= 4 is 23.5 Å². The SMILES string of the molecule is CC(=O)N1/C(=C/c2ccco2)C(=O)c2ccccc21. The van der Waals surface area contributed by atoms with Crippen LogP contribution in [0.15, 0.2) is 52.8 Å². The summed E-state index contributed by atoms with van der Waals surface area (Å²) >= 11 is 0. The molecule has 19 heavy (non-hydrogen) atoms. The molecule has 0 aliphatic carbocycles. The predicted molar refractivity (Wildman–Crippen MR) is 70.6 cm³/mol. The molecule has 1 aromatic heterocycles. The van der Waals surface area contributed by atoms with E-state index in [0.717, 1.165) is 0 Å². The zero-order valence-corrected chi connectivity index (χ0v) is 10.3. The second kappa shape index (κ2) is 4.24. The first-order valence-corrected chi connectivity index (χ1v) is 5.88. The molecule has 2 heterocycles. The third kappa shape index (κ3) is 1.78. The van der Waals surface area contributed by atoms with Crippen LogP contribution in [0.1, 0.15) is 23.0 Å². The van der Waals surface area contributed by atoms with Crippen LogP contribution in [0.3, 0.4) is 0 Å². The monoisotopic (exact) mass is 253 g/mol. The molecule has 0 fully saturated rings. The van der Waals surface area contributed by atoms with Crippen LogP contribution >= 0.6 is 0 Å². The fourth-order valence-corrected chi connectivity index (χ4v) is 2.21. The highest BCUT2D eigenvalue weighted by Crippen LogP contribution is 2.35.